The van der Waals surface area contributed by atoms with Gasteiger partial charge in [-0.05, 0) is 12.1 Å². The number of piperazine rings is 1. The van der Waals surface area contributed by atoms with Crippen LogP contribution in [-0.2, 0) is 14.8 Å². The maximum absolute atomic E-state index is 13.4. The van der Waals surface area contributed by atoms with Crippen LogP contribution in [0.1, 0.15) is 9.67 Å². The molecule has 0 atom stereocenters. The van der Waals surface area contributed by atoms with Gasteiger partial charge in [0.25, 0.3) is 0 Å². The summed E-state index contributed by atoms with van der Waals surface area (Å²) in [4.78, 5) is 22.8. The van der Waals surface area contributed by atoms with Crippen LogP contribution < -0.4 is 4.90 Å². The highest BCUT2D eigenvalue weighted by atomic mass is 32.2. The van der Waals surface area contributed by atoms with Gasteiger partial charge in [0.05, 0.1) is 7.11 Å². The van der Waals surface area contributed by atoms with E-state index < -0.39 is 16.0 Å². The van der Waals surface area contributed by atoms with Crippen LogP contribution in [0.2, 0.25) is 0 Å². The average molecular weight is 419 g/mol. The first kappa shape index (κ1) is 18.8. The van der Waals surface area contributed by atoms with Crippen LogP contribution in [0.3, 0.4) is 0 Å². The maximum Gasteiger partial charge on any atom is 0.349 e. The van der Waals surface area contributed by atoms with Gasteiger partial charge in [-0.15, -0.1) is 11.3 Å². The molecule has 0 N–H and O–H groups in total. The molecule has 4 rings (SSSR count). The number of nitrogens with zero attached hydrogens (tertiary/aromatic N) is 4. The Morgan fingerprint density at radius 3 is 2.43 bits per heavy atom. The number of carbonyl (C=O) groups excluding carboxylic acids is 1. The van der Waals surface area contributed by atoms with E-state index in [2.05, 4.69) is 9.97 Å². The predicted molar refractivity (Wildman–Crippen MR) is 106 cm³/mol. The van der Waals surface area contributed by atoms with Crippen molar-refractivity contribution >= 4 is 43.4 Å². The summed E-state index contributed by atoms with van der Waals surface area (Å²) in [5.41, 5.74) is 0. The van der Waals surface area contributed by atoms with E-state index >= 15 is 0 Å². The molecule has 3 aromatic rings. The lowest BCUT2D eigenvalue weighted by Crippen LogP contribution is -2.49. The van der Waals surface area contributed by atoms with Crippen LogP contribution >= 0.6 is 11.3 Å². The number of sulfonamides is 1. The molecule has 0 radical (unpaired) electrons. The quantitative estimate of drug-likeness (QED) is 0.598. The van der Waals surface area contributed by atoms with Gasteiger partial charge in [0.2, 0.25) is 16.0 Å². The van der Waals surface area contributed by atoms with Crippen molar-refractivity contribution in [3.8, 4) is 0 Å². The van der Waals surface area contributed by atoms with Gasteiger partial charge < -0.3 is 9.64 Å². The fraction of sp³-hybridized carbons (Fsp3) is 0.278. The van der Waals surface area contributed by atoms with Crippen molar-refractivity contribution in [2.24, 2.45) is 0 Å². The van der Waals surface area contributed by atoms with E-state index in [0.717, 1.165) is 16.0 Å². The van der Waals surface area contributed by atoms with Crippen molar-refractivity contribution in [2.75, 3.05) is 38.2 Å². The number of carbonyl (C=O) groups is 1. The van der Waals surface area contributed by atoms with Crippen LogP contribution in [0, 0.1) is 0 Å². The monoisotopic (exact) mass is 418 g/mol. The molecule has 8 nitrogen and oxygen atoms in total. The molecule has 0 saturated carbocycles. The van der Waals surface area contributed by atoms with Gasteiger partial charge >= 0.3 is 5.97 Å². The largest absolute Gasteiger partial charge is 0.465 e. The highest BCUT2D eigenvalue weighted by molar-refractivity contribution is 7.89. The summed E-state index contributed by atoms with van der Waals surface area (Å²) >= 11 is 1.13. The third-order valence-corrected chi connectivity index (χ3v) is 7.86. The molecule has 0 amide bonds. The standard InChI is InChI=1S/C18H18N4O4S2/c1-26-17(23)15-16(13-5-2-3-6-14(13)27-15)28(24,25)22-11-9-21(10-12-22)18-19-7-4-8-20-18/h2-8H,9-12H2,1H3. The minimum absolute atomic E-state index is 0.0318. The van der Waals surface area contributed by atoms with Crippen molar-refractivity contribution in [1.29, 1.82) is 0 Å². The molecule has 1 saturated heterocycles. The van der Waals surface area contributed by atoms with E-state index in [1.165, 1.54) is 11.4 Å². The van der Waals surface area contributed by atoms with Gasteiger partial charge in [0, 0.05) is 48.7 Å². The van der Waals surface area contributed by atoms with E-state index in [0.29, 0.717) is 24.4 Å². The SMILES string of the molecule is COC(=O)c1sc2ccccc2c1S(=O)(=O)N1CCN(c2ncccn2)CC1. The second-order valence-corrected chi connectivity index (χ2v) is 9.11. The van der Waals surface area contributed by atoms with Crippen LogP contribution in [-0.4, -0.2) is 61.9 Å². The molecule has 1 aliphatic rings. The topological polar surface area (TPSA) is 92.7 Å². The Morgan fingerprint density at radius 1 is 1.07 bits per heavy atom. The fourth-order valence-corrected chi connectivity index (χ4v) is 6.41. The summed E-state index contributed by atoms with van der Waals surface area (Å²) in [6, 6.07) is 8.84. The summed E-state index contributed by atoms with van der Waals surface area (Å²) in [6.07, 6.45) is 3.32. The summed E-state index contributed by atoms with van der Waals surface area (Å²) in [5, 5.41) is 0.543. The highest BCUT2D eigenvalue weighted by Gasteiger charge is 2.35. The van der Waals surface area contributed by atoms with E-state index in [-0.39, 0.29) is 22.9 Å². The first-order valence-corrected chi connectivity index (χ1v) is 10.9. The minimum atomic E-state index is -3.86. The molecule has 3 heterocycles. The number of ether oxygens (including phenoxy) is 1. The Labute approximate surface area is 166 Å². The molecule has 1 aromatic carbocycles. The number of hydrogen-bond donors (Lipinski definition) is 0. The van der Waals surface area contributed by atoms with Crippen molar-refractivity contribution < 1.29 is 17.9 Å². The van der Waals surface area contributed by atoms with E-state index in [1.54, 1.807) is 36.7 Å². The van der Waals surface area contributed by atoms with Crippen molar-refractivity contribution in [3.63, 3.8) is 0 Å². The number of hydrogen-bond acceptors (Lipinski definition) is 8. The Kier molecular flexibility index (Phi) is 5.00. The van der Waals surface area contributed by atoms with Crippen molar-refractivity contribution in [1.82, 2.24) is 14.3 Å². The van der Waals surface area contributed by atoms with Gasteiger partial charge in [-0.3, -0.25) is 0 Å². The molecular formula is C18H18N4O4S2. The number of fused-ring (bicyclic) bond motifs is 1. The third kappa shape index (κ3) is 3.23. The Morgan fingerprint density at radius 2 is 1.75 bits per heavy atom. The number of aromatic nitrogens is 2. The van der Waals surface area contributed by atoms with Crippen LogP contribution in [0.5, 0.6) is 0 Å². The predicted octanol–water partition coefficient (Wildman–Crippen LogP) is 1.99. The summed E-state index contributed by atoms with van der Waals surface area (Å²) < 4.78 is 33.8. The molecule has 2 aromatic heterocycles. The zero-order valence-corrected chi connectivity index (χ0v) is 16.7. The van der Waals surface area contributed by atoms with E-state index in [1.807, 2.05) is 11.0 Å². The Bertz CT molecular complexity index is 1110. The molecule has 1 fully saturated rings. The molecule has 146 valence electrons. The van der Waals surface area contributed by atoms with E-state index in [9.17, 15) is 13.2 Å². The third-order valence-electron chi connectivity index (χ3n) is 4.59. The number of anilines is 1. The van der Waals surface area contributed by atoms with Crippen molar-refractivity contribution in [3.05, 3.63) is 47.6 Å². The zero-order valence-electron chi connectivity index (χ0n) is 15.1. The van der Waals surface area contributed by atoms with Gasteiger partial charge in [0.15, 0.2) is 0 Å². The highest BCUT2D eigenvalue weighted by Crippen LogP contribution is 2.37. The molecule has 0 aliphatic carbocycles. The second kappa shape index (κ2) is 7.46. The number of esters is 1. The minimum Gasteiger partial charge on any atom is -0.465 e. The molecule has 0 bridgehead atoms. The van der Waals surface area contributed by atoms with Gasteiger partial charge in [0.1, 0.15) is 9.77 Å². The van der Waals surface area contributed by atoms with Crippen LogP contribution in [0.25, 0.3) is 10.1 Å². The summed E-state index contributed by atoms with van der Waals surface area (Å²) in [7, 11) is -2.61. The molecule has 1 aliphatic heterocycles. The molecule has 0 unspecified atom stereocenters. The molecule has 10 heteroatoms. The lowest BCUT2D eigenvalue weighted by Gasteiger charge is -2.33. The normalized spacial score (nSPS) is 15.7. The summed E-state index contributed by atoms with van der Waals surface area (Å²) in [6.45, 7) is 1.51. The lowest BCUT2D eigenvalue weighted by atomic mass is 10.2. The van der Waals surface area contributed by atoms with Crippen LogP contribution in [0.15, 0.2) is 47.6 Å². The number of benzene rings is 1. The van der Waals surface area contributed by atoms with Gasteiger partial charge in [-0.1, -0.05) is 18.2 Å². The lowest BCUT2D eigenvalue weighted by molar-refractivity contribution is 0.0602. The maximum atomic E-state index is 13.4. The average Bonchev–Trinajstić information content (AvgIpc) is 3.14. The zero-order chi connectivity index (χ0) is 19.7. The number of rotatable bonds is 4. The molecule has 28 heavy (non-hydrogen) atoms. The molecular weight excluding hydrogens is 400 g/mol. The Balaban J connectivity index is 1.67. The fourth-order valence-electron chi connectivity index (χ4n) is 3.22. The smallest absolute Gasteiger partial charge is 0.349 e. The molecule has 0 spiro atoms. The van der Waals surface area contributed by atoms with Gasteiger partial charge in [-0.25, -0.2) is 23.2 Å². The van der Waals surface area contributed by atoms with Crippen molar-refractivity contribution in [2.45, 2.75) is 4.90 Å². The van der Waals surface area contributed by atoms with E-state index in [4.69, 9.17) is 4.74 Å². The number of methoxy groups -OCH3 is 1. The Hall–Kier alpha value is -2.56. The second-order valence-electron chi connectivity index (χ2n) is 6.19. The van der Waals surface area contributed by atoms with Crippen LogP contribution in [0.4, 0.5) is 5.95 Å². The van der Waals surface area contributed by atoms with Gasteiger partial charge in [-0.2, -0.15) is 4.31 Å². The number of thiophene rings is 1. The summed E-state index contributed by atoms with van der Waals surface area (Å²) in [5.74, 6) is -0.0631. The first-order chi connectivity index (χ1) is 13.5. The first-order valence-electron chi connectivity index (χ1n) is 8.64.